The van der Waals surface area contributed by atoms with E-state index in [9.17, 15) is 18.0 Å². The Labute approximate surface area is 270 Å². The van der Waals surface area contributed by atoms with Gasteiger partial charge in [-0.05, 0) is 81.0 Å². The van der Waals surface area contributed by atoms with E-state index in [-0.39, 0.29) is 29.1 Å². The molecule has 1 aliphatic rings. The van der Waals surface area contributed by atoms with Gasteiger partial charge in [0, 0.05) is 22.5 Å². The molecule has 2 amide bonds. The normalized spacial score (nSPS) is 14.5. The van der Waals surface area contributed by atoms with Gasteiger partial charge in [-0.15, -0.1) is 11.8 Å². The van der Waals surface area contributed by atoms with Crippen LogP contribution in [0.25, 0.3) is 0 Å². The molecule has 236 valence electrons. The standard InChI is InChI=1S/C33H40ClN3O5S2/c1-4-42-31-17-11-10-16-30(31)37(44(40,41)28-20-18-27(43-3)19-21-28)23-32(38)36(22-25-12-8-9-15-29(25)34)24(2)33(39)35-26-13-6-5-7-14-26/h8-12,15-21,24,26H,4-7,13-14,22-23H2,1-3H3,(H,35,39). The van der Waals surface area contributed by atoms with Gasteiger partial charge in [0.05, 0.1) is 17.2 Å². The molecule has 0 aromatic heterocycles. The third kappa shape index (κ3) is 8.28. The van der Waals surface area contributed by atoms with Crippen molar-refractivity contribution in [2.24, 2.45) is 0 Å². The Hall–Kier alpha value is -3.21. The fraction of sp³-hybridized carbons (Fsp3) is 0.394. The number of anilines is 1. The van der Waals surface area contributed by atoms with Gasteiger partial charge in [0.25, 0.3) is 10.0 Å². The highest BCUT2D eigenvalue weighted by Crippen LogP contribution is 2.33. The Bertz CT molecular complexity index is 1530. The molecule has 1 unspecified atom stereocenters. The average molecular weight is 658 g/mol. The Morgan fingerprint density at radius 2 is 1.66 bits per heavy atom. The van der Waals surface area contributed by atoms with Crippen molar-refractivity contribution in [1.82, 2.24) is 10.2 Å². The Morgan fingerprint density at radius 3 is 2.32 bits per heavy atom. The molecule has 0 heterocycles. The number of nitrogens with one attached hydrogen (secondary N) is 1. The number of amides is 2. The molecule has 0 bridgehead atoms. The van der Waals surface area contributed by atoms with Crippen molar-refractivity contribution in [1.29, 1.82) is 0 Å². The van der Waals surface area contributed by atoms with E-state index in [4.69, 9.17) is 16.3 Å². The van der Waals surface area contributed by atoms with Gasteiger partial charge in [0.15, 0.2) is 0 Å². The van der Waals surface area contributed by atoms with E-state index < -0.39 is 28.5 Å². The fourth-order valence-electron chi connectivity index (χ4n) is 5.29. The van der Waals surface area contributed by atoms with Gasteiger partial charge in [-0.3, -0.25) is 13.9 Å². The van der Waals surface area contributed by atoms with E-state index >= 15 is 0 Å². The molecule has 1 saturated carbocycles. The van der Waals surface area contributed by atoms with E-state index in [1.54, 1.807) is 68.4 Å². The molecule has 11 heteroatoms. The first-order valence-electron chi connectivity index (χ1n) is 14.9. The first kappa shape index (κ1) is 33.7. The number of para-hydroxylation sites is 2. The number of benzene rings is 3. The molecule has 1 atom stereocenters. The summed E-state index contributed by atoms with van der Waals surface area (Å²) < 4.78 is 35.3. The quantitative estimate of drug-likeness (QED) is 0.210. The van der Waals surface area contributed by atoms with Crippen LogP contribution in [0.4, 0.5) is 5.69 Å². The van der Waals surface area contributed by atoms with Crippen LogP contribution in [0.3, 0.4) is 0 Å². The van der Waals surface area contributed by atoms with Crippen LogP contribution in [0.1, 0.15) is 51.5 Å². The second-order valence-corrected chi connectivity index (χ2v) is 13.9. The van der Waals surface area contributed by atoms with Crippen LogP contribution in [0.15, 0.2) is 82.6 Å². The number of thioether (sulfide) groups is 1. The largest absolute Gasteiger partial charge is 0.492 e. The van der Waals surface area contributed by atoms with E-state index in [2.05, 4.69) is 5.32 Å². The second-order valence-electron chi connectivity index (χ2n) is 10.7. The van der Waals surface area contributed by atoms with E-state index in [0.717, 1.165) is 41.3 Å². The molecule has 4 rings (SSSR count). The number of hydrogen-bond acceptors (Lipinski definition) is 6. The molecular weight excluding hydrogens is 618 g/mol. The number of hydrogen-bond donors (Lipinski definition) is 1. The number of rotatable bonds is 13. The van der Waals surface area contributed by atoms with Crippen LogP contribution in [-0.2, 0) is 26.2 Å². The summed E-state index contributed by atoms with van der Waals surface area (Å²) in [5, 5.41) is 3.56. The minimum absolute atomic E-state index is 0.0289. The van der Waals surface area contributed by atoms with Crippen LogP contribution < -0.4 is 14.4 Å². The van der Waals surface area contributed by atoms with Gasteiger partial charge in [-0.2, -0.15) is 0 Å². The molecule has 3 aromatic rings. The zero-order chi connectivity index (χ0) is 31.7. The van der Waals surface area contributed by atoms with Crippen molar-refractivity contribution in [3.8, 4) is 5.75 Å². The molecule has 1 N–H and O–H groups in total. The van der Waals surface area contributed by atoms with Gasteiger partial charge < -0.3 is 15.0 Å². The topological polar surface area (TPSA) is 96.0 Å². The number of sulfonamides is 1. The molecule has 3 aromatic carbocycles. The maximum Gasteiger partial charge on any atom is 0.264 e. The monoisotopic (exact) mass is 657 g/mol. The summed E-state index contributed by atoms with van der Waals surface area (Å²) in [6, 6.07) is 19.5. The van der Waals surface area contributed by atoms with Crippen LogP contribution in [-0.4, -0.2) is 56.6 Å². The highest BCUT2D eigenvalue weighted by atomic mass is 35.5. The van der Waals surface area contributed by atoms with Gasteiger partial charge in [-0.25, -0.2) is 8.42 Å². The minimum atomic E-state index is -4.23. The predicted molar refractivity (Wildman–Crippen MR) is 177 cm³/mol. The van der Waals surface area contributed by atoms with Gasteiger partial charge in [0.1, 0.15) is 18.3 Å². The Balaban J connectivity index is 1.72. The lowest BCUT2D eigenvalue weighted by Gasteiger charge is -2.33. The fourth-order valence-corrected chi connectivity index (χ4v) is 7.32. The molecule has 1 fully saturated rings. The predicted octanol–water partition coefficient (Wildman–Crippen LogP) is 6.52. The molecule has 44 heavy (non-hydrogen) atoms. The highest BCUT2D eigenvalue weighted by molar-refractivity contribution is 7.98. The molecule has 8 nitrogen and oxygen atoms in total. The van der Waals surface area contributed by atoms with Gasteiger partial charge >= 0.3 is 0 Å². The van der Waals surface area contributed by atoms with E-state index in [0.29, 0.717) is 22.9 Å². The van der Waals surface area contributed by atoms with Crippen molar-refractivity contribution in [3.05, 3.63) is 83.4 Å². The van der Waals surface area contributed by atoms with Crippen LogP contribution in [0.2, 0.25) is 5.02 Å². The summed E-state index contributed by atoms with van der Waals surface area (Å²) in [5.41, 5.74) is 0.880. The zero-order valence-corrected chi connectivity index (χ0v) is 27.8. The smallest absolute Gasteiger partial charge is 0.264 e. The third-order valence-electron chi connectivity index (χ3n) is 7.78. The van der Waals surface area contributed by atoms with Gasteiger partial charge in [0.2, 0.25) is 11.8 Å². The first-order chi connectivity index (χ1) is 21.1. The Morgan fingerprint density at radius 1 is 1.00 bits per heavy atom. The lowest BCUT2D eigenvalue weighted by atomic mass is 9.95. The van der Waals surface area contributed by atoms with Crippen molar-refractivity contribution < 1.29 is 22.7 Å². The van der Waals surface area contributed by atoms with Gasteiger partial charge in [-0.1, -0.05) is 61.2 Å². The number of carbonyl (C=O) groups excluding carboxylic acids is 2. The minimum Gasteiger partial charge on any atom is -0.492 e. The molecule has 0 aliphatic heterocycles. The lowest BCUT2D eigenvalue weighted by Crippen LogP contribution is -2.53. The lowest BCUT2D eigenvalue weighted by molar-refractivity contribution is -0.139. The summed E-state index contributed by atoms with van der Waals surface area (Å²) in [4.78, 5) is 30.1. The molecule has 0 radical (unpaired) electrons. The highest BCUT2D eigenvalue weighted by Gasteiger charge is 2.34. The zero-order valence-electron chi connectivity index (χ0n) is 25.4. The molecule has 0 saturated heterocycles. The van der Waals surface area contributed by atoms with E-state index in [1.165, 1.54) is 28.8 Å². The van der Waals surface area contributed by atoms with Crippen LogP contribution in [0.5, 0.6) is 5.75 Å². The summed E-state index contributed by atoms with van der Waals surface area (Å²) in [7, 11) is -4.23. The SMILES string of the molecule is CCOc1ccccc1N(CC(=O)N(Cc1ccccc1Cl)C(C)C(=O)NC1CCCCC1)S(=O)(=O)c1ccc(SC)cc1. The second kappa shape index (κ2) is 15.7. The van der Waals surface area contributed by atoms with Crippen molar-refractivity contribution in [3.63, 3.8) is 0 Å². The summed E-state index contributed by atoms with van der Waals surface area (Å²) in [6.45, 7) is 3.25. The summed E-state index contributed by atoms with van der Waals surface area (Å²) in [6.07, 6.45) is 6.94. The molecular formula is C33H40ClN3O5S2. The molecule has 0 spiro atoms. The summed E-state index contributed by atoms with van der Waals surface area (Å²) >= 11 is 7.98. The first-order valence-corrected chi connectivity index (χ1v) is 17.9. The maximum absolute atomic E-state index is 14.3. The van der Waals surface area contributed by atoms with E-state index in [1.807, 2.05) is 12.3 Å². The maximum atomic E-state index is 14.3. The van der Waals surface area contributed by atoms with Crippen LogP contribution >= 0.6 is 23.4 Å². The number of halogens is 1. The van der Waals surface area contributed by atoms with Crippen molar-refractivity contribution in [2.45, 2.75) is 74.4 Å². The molecule has 1 aliphatic carbocycles. The van der Waals surface area contributed by atoms with Crippen molar-refractivity contribution in [2.75, 3.05) is 23.7 Å². The van der Waals surface area contributed by atoms with Crippen molar-refractivity contribution >= 4 is 50.9 Å². The Kier molecular flexibility index (Phi) is 12.0. The number of carbonyl (C=O) groups is 2. The average Bonchev–Trinajstić information content (AvgIpc) is 3.03. The summed E-state index contributed by atoms with van der Waals surface area (Å²) in [5.74, 6) is -0.506. The third-order valence-corrected chi connectivity index (χ3v) is 10.7. The number of ether oxygens (including phenoxy) is 1. The number of nitrogens with zero attached hydrogens (tertiary/aromatic N) is 2. The van der Waals surface area contributed by atoms with Crippen LogP contribution in [0, 0.1) is 0 Å².